The molecule has 0 fully saturated rings. The molecule has 0 rings (SSSR count). The van der Waals surface area contributed by atoms with Crippen molar-refractivity contribution in [2.75, 3.05) is 26.1 Å². The number of nitriles is 1. The van der Waals surface area contributed by atoms with Crippen LogP contribution >= 0.6 is 11.8 Å². The Labute approximate surface area is 77.0 Å². The number of carbonyl (C=O) groups is 1. The van der Waals surface area contributed by atoms with E-state index in [9.17, 15) is 4.79 Å². The molecule has 0 aliphatic rings. The van der Waals surface area contributed by atoms with Gasteiger partial charge in [0.25, 0.3) is 0 Å². The molecule has 3 nitrogen and oxygen atoms in total. The van der Waals surface area contributed by atoms with Crippen molar-refractivity contribution in [3.8, 4) is 6.07 Å². The highest BCUT2D eigenvalue weighted by Crippen LogP contribution is 2.01. The second kappa shape index (κ2) is 5.67. The lowest BCUT2D eigenvalue weighted by Crippen LogP contribution is -2.09. The highest BCUT2D eigenvalue weighted by atomic mass is 32.2. The summed E-state index contributed by atoms with van der Waals surface area (Å²) in [6.45, 7) is 0. The minimum atomic E-state index is -0.112. The van der Waals surface area contributed by atoms with Crippen molar-refractivity contribution in [3.63, 3.8) is 0 Å². The van der Waals surface area contributed by atoms with E-state index in [1.165, 1.54) is 11.8 Å². The van der Waals surface area contributed by atoms with Crippen LogP contribution in [0, 0.1) is 11.3 Å². The maximum Gasteiger partial charge on any atom is 0.184 e. The first-order valence-corrected chi connectivity index (χ1v) is 4.81. The van der Waals surface area contributed by atoms with Crippen molar-refractivity contribution in [1.29, 1.82) is 5.26 Å². The van der Waals surface area contributed by atoms with Crippen molar-refractivity contribution < 1.29 is 4.79 Å². The fourth-order valence-corrected chi connectivity index (χ4v) is 1.05. The van der Waals surface area contributed by atoms with Gasteiger partial charge in [-0.2, -0.15) is 17.0 Å². The smallest absolute Gasteiger partial charge is 0.184 e. The van der Waals surface area contributed by atoms with E-state index in [1.807, 2.05) is 12.3 Å². The van der Waals surface area contributed by atoms with E-state index >= 15 is 0 Å². The first-order valence-electron chi connectivity index (χ1n) is 3.42. The lowest BCUT2D eigenvalue weighted by Gasteiger charge is -2.04. The van der Waals surface area contributed by atoms with Crippen LogP contribution in [0.1, 0.15) is 0 Å². The van der Waals surface area contributed by atoms with E-state index in [4.69, 9.17) is 5.26 Å². The van der Waals surface area contributed by atoms with E-state index in [1.54, 1.807) is 25.2 Å². The summed E-state index contributed by atoms with van der Waals surface area (Å²) in [7, 11) is 3.56. The van der Waals surface area contributed by atoms with Gasteiger partial charge in [0.2, 0.25) is 0 Å². The number of hydrogen-bond donors (Lipinski definition) is 0. The van der Waals surface area contributed by atoms with E-state index in [0.29, 0.717) is 5.75 Å². The second-order valence-corrected chi connectivity index (χ2v) is 3.34. The molecule has 0 N–H and O–H groups in total. The summed E-state index contributed by atoms with van der Waals surface area (Å²) in [5.74, 6) is 0.256. The fraction of sp³-hybridized carbons (Fsp3) is 0.500. The van der Waals surface area contributed by atoms with E-state index < -0.39 is 0 Å². The summed E-state index contributed by atoms with van der Waals surface area (Å²) in [6.07, 6.45) is 3.38. The van der Waals surface area contributed by atoms with Gasteiger partial charge >= 0.3 is 0 Å². The van der Waals surface area contributed by atoms with Gasteiger partial charge in [-0.1, -0.05) is 0 Å². The SMILES string of the molecule is CSCC(=O)C(C#N)=CN(C)C. The monoisotopic (exact) mass is 184 g/mol. The molecule has 0 radical (unpaired) electrons. The normalized spacial score (nSPS) is 10.7. The third kappa shape index (κ3) is 4.04. The van der Waals surface area contributed by atoms with E-state index in [-0.39, 0.29) is 11.4 Å². The van der Waals surface area contributed by atoms with Crippen LogP contribution in [-0.2, 0) is 4.79 Å². The van der Waals surface area contributed by atoms with Gasteiger partial charge in [-0.25, -0.2) is 0 Å². The molecule has 0 saturated heterocycles. The number of Topliss-reactive ketones (excluding diaryl/α,β-unsaturated/α-hetero) is 1. The average molecular weight is 184 g/mol. The molecule has 0 atom stereocenters. The molecule has 0 bridgehead atoms. The molecule has 0 amide bonds. The van der Waals surface area contributed by atoms with Crippen LogP contribution in [0.25, 0.3) is 0 Å². The largest absolute Gasteiger partial charge is 0.382 e. The highest BCUT2D eigenvalue weighted by Gasteiger charge is 2.07. The fourth-order valence-electron chi connectivity index (χ4n) is 0.630. The Kier molecular flexibility index (Phi) is 5.22. The predicted molar refractivity (Wildman–Crippen MR) is 50.8 cm³/mol. The molecule has 0 heterocycles. The molecule has 0 aliphatic carbocycles. The molecule has 0 spiro atoms. The van der Waals surface area contributed by atoms with Gasteiger partial charge in [0, 0.05) is 20.3 Å². The molecule has 0 unspecified atom stereocenters. The highest BCUT2D eigenvalue weighted by molar-refractivity contribution is 7.99. The van der Waals surface area contributed by atoms with Gasteiger partial charge in [0.1, 0.15) is 11.6 Å². The Morgan fingerprint density at radius 1 is 1.67 bits per heavy atom. The quantitative estimate of drug-likeness (QED) is 0.481. The number of rotatable bonds is 4. The molecular formula is C8H12N2OS. The first-order chi connectivity index (χ1) is 5.61. The zero-order valence-electron chi connectivity index (χ0n) is 7.50. The van der Waals surface area contributed by atoms with Gasteiger partial charge in [0.05, 0.1) is 5.75 Å². The molecule has 0 aromatic rings. The number of allylic oxidation sites excluding steroid dienone is 1. The van der Waals surface area contributed by atoms with Crippen LogP contribution in [0.5, 0.6) is 0 Å². The molecule has 66 valence electrons. The standard InChI is InChI=1S/C8H12N2OS/c1-10(2)5-7(4-9)8(11)6-12-3/h5H,6H2,1-3H3. The summed E-state index contributed by atoms with van der Waals surface area (Å²) in [5, 5.41) is 8.60. The molecule has 0 saturated carbocycles. The van der Waals surface area contributed by atoms with Crippen LogP contribution < -0.4 is 0 Å². The lowest BCUT2D eigenvalue weighted by molar-refractivity contribution is -0.112. The second-order valence-electron chi connectivity index (χ2n) is 2.47. The van der Waals surface area contributed by atoms with Crippen molar-refractivity contribution in [1.82, 2.24) is 4.90 Å². The molecule has 0 aromatic heterocycles. The van der Waals surface area contributed by atoms with Gasteiger partial charge in [-0.15, -0.1) is 0 Å². The summed E-state index contributed by atoms with van der Waals surface area (Å²) in [6, 6.07) is 1.87. The maximum atomic E-state index is 11.2. The third-order valence-electron chi connectivity index (χ3n) is 1.08. The van der Waals surface area contributed by atoms with Crippen molar-refractivity contribution in [2.45, 2.75) is 0 Å². The van der Waals surface area contributed by atoms with Gasteiger partial charge in [-0.3, -0.25) is 4.79 Å². The van der Waals surface area contributed by atoms with Gasteiger partial charge < -0.3 is 4.90 Å². The third-order valence-corrected chi connectivity index (χ3v) is 1.63. The molecule has 12 heavy (non-hydrogen) atoms. The van der Waals surface area contributed by atoms with E-state index in [2.05, 4.69) is 0 Å². The Balaban J connectivity index is 4.37. The predicted octanol–water partition coefficient (Wildman–Crippen LogP) is 0.888. The molecule has 0 aliphatic heterocycles. The van der Waals surface area contributed by atoms with Crippen molar-refractivity contribution in [2.24, 2.45) is 0 Å². The zero-order valence-corrected chi connectivity index (χ0v) is 8.31. The topological polar surface area (TPSA) is 44.1 Å². The minimum absolute atomic E-state index is 0.112. The maximum absolute atomic E-state index is 11.2. The zero-order chi connectivity index (χ0) is 9.56. The number of nitrogens with zero attached hydrogens (tertiary/aromatic N) is 2. The van der Waals surface area contributed by atoms with Crippen LogP contribution in [0.15, 0.2) is 11.8 Å². The molecular weight excluding hydrogens is 172 g/mol. The Hall–Kier alpha value is -0.950. The average Bonchev–Trinajstić information content (AvgIpc) is 2.00. The van der Waals surface area contributed by atoms with Gasteiger partial charge in [-0.05, 0) is 6.26 Å². The van der Waals surface area contributed by atoms with Crippen molar-refractivity contribution >= 4 is 17.5 Å². The Morgan fingerprint density at radius 2 is 2.25 bits per heavy atom. The van der Waals surface area contributed by atoms with Gasteiger partial charge in [0.15, 0.2) is 5.78 Å². The van der Waals surface area contributed by atoms with Crippen LogP contribution in [0.4, 0.5) is 0 Å². The number of carbonyl (C=O) groups excluding carboxylic acids is 1. The Bertz CT molecular complexity index is 228. The molecule has 4 heteroatoms. The summed E-state index contributed by atoms with van der Waals surface area (Å²) in [5.41, 5.74) is 0.217. The number of hydrogen-bond acceptors (Lipinski definition) is 4. The summed E-state index contributed by atoms with van der Waals surface area (Å²) in [4.78, 5) is 12.9. The van der Waals surface area contributed by atoms with Crippen LogP contribution in [0.3, 0.4) is 0 Å². The van der Waals surface area contributed by atoms with E-state index in [0.717, 1.165) is 0 Å². The first kappa shape index (κ1) is 11.1. The lowest BCUT2D eigenvalue weighted by atomic mass is 10.2. The summed E-state index contributed by atoms with van der Waals surface area (Å²) < 4.78 is 0. The molecule has 0 aromatic carbocycles. The minimum Gasteiger partial charge on any atom is -0.382 e. The van der Waals surface area contributed by atoms with Crippen molar-refractivity contribution in [3.05, 3.63) is 11.8 Å². The van der Waals surface area contributed by atoms with Crippen LogP contribution in [0.2, 0.25) is 0 Å². The Morgan fingerprint density at radius 3 is 2.58 bits per heavy atom. The summed E-state index contributed by atoms with van der Waals surface area (Å²) >= 11 is 1.42. The number of ketones is 1. The van der Waals surface area contributed by atoms with Crippen LogP contribution in [-0.4, -0.2) is 36.8 Å². The number of thioether (sulfide) groups is 1.